The molecular weight excluding hydrogens is 270 g/mol. The molecule has 1 saturated heterocycles. The highest BCUT2D eigenvalue weighted by Crippen LogP contribution is 2.26. The standard InChI is InChI=1S/C16H23NO4/c1-3-5-16(19)17-8-9-20-10-13(17)11-21-15-7-4-6-14(18)12(15)2/h4,6-7,13,18H,3,5,8-11H2,1-2H3. The van der Waals surface area contributed by atoms with Crippen molar-refractivity contribution in [1.29, 1.82) is 0 Å². The van der Waals surface area contributed by atoms with Crippen molar-refractivity contribution in [2.45, 2.75) is 32.7 Å². The quantitative estimate of drug-likeness (QED) is 0.903. The molecule has 5 heteroatoms. The van der Waals surface area contributed by atoms with E-state index in [4.69, 9.17) is 9.47 Å². The first-order valence-corrected chi connectivity index (χ1v) is 7.42. The van der Waals surface area contributed by atoms with Crippen molar-refractivity contribution in [2.75, 3.05) is 26.4 Å². The van der Waals surface area contributed by atoms with Gasteiger partial charge in [0.15, 0.2) is 0 Å². The molecule has 116 valence electrons. The minimum atomic E-state index is -0.0699. The summed E-state index contributed by atoms with van der Waals surface area (Å²) < 4.78 is 11.2. The van der Waals surface area contributed by atoms with E-state index in [1.165, 1.54) is 0 Å². The van der Waals surface area contributed by atoms with Gasteiger partial charge in [0.05, 0.1) is 19.3 Å². The molecule has 1 aromatic rings. The SMILES string of the molecule is CCCC(=O)N1CCOCC1COc1cccc(O)c1C. The van der Waals surface area contributed by atoms with Crippen LogP contribution in [0.15, 0.2) is 18.2 Å². The summed E-state index contributed by atoms with van der Waals surface area (Å²) in [6, 6.07) is 5.12. The second-order valence-corrected chi connectivity index (χ2v) is 5.28. The van der Waals surface area contributed by atoms with Crippen molar-refractivity contribution in [3.05, 3.63) is 23.8 Å². The normalized spacial score (nSPS) is 18.6. The van der Waals surface area contributed by atoms with E-state index in [-0.39, 0.29) is 17.7 Å². The Hall–Kier alpha value is -1.75. The number of rotatable bonds is 5. The summed E-state index contributed by atoms with van der Waals surface area (Å²) in [6.45, 7) is 5.87. The summed E-state index contributed by atoms with van der Waals surface area (Å²) >= 11 is 0. The molecule has 21 heavy (non-hydrogen) atoms. The van der Waals surface area contributed by atoms with Crippen LogP contribution in [0.1, 0.15) is 25.3 Å². The van der Waals surface area contributed by atoms with E-state index in [9.17, 15) is 9.90 Å². The maximum absolute atomic E-state index is 12.1. The Morgan fingerprint density at radius 3 is 3.10 bits per heavy atom. The van der Waals surface area contributed by atoms with Crippen LogP contribution in [-0.4, -0.2) is 48.3 Å². The lowest BCUT2D eigenvalue weighted by Crippen LogP contribution is -2.51. The first-order chi connectivity index (χ1) is 10.1. The fourth-order valence-corrected chi connectivity index (χ4v) is 2.42. The molecule has 0 aromatic heterocycles. The monoisotopic (exact) mass is 293 g/mol. The van der Waals surface area contributed by atoms with Gasteiger partial charge in [0.1, 0.15) is 18.1 Å². The van der Waals surface area contributed by atoms with Gasteiger partial charge in [0, 0.05) is 18.5 Å². The zero-order valence-electron chi connectivity index (χ0n) is 12.7. The predicted molar refractivity (Wildman–Crippen MR) is 79.6 cm³/mol. The van der Waals surface area contributed by atoms with Gasteiger partial charge >= 0.3 is 0 Å². The van der Waals surface area contributed by atoms with Crippen LogP contribution in [0.4, 0.5) is 0 Å². The van der Waals surface area contributed by atoms with Crippen molar-refractivity contribution in [3.63, 3.8) is 0 Å². The van der Waals surface area contributed by atoms with Crippen LogP contribution < -0.4 is 4.74 Å². The zero-order chi connectivity index (χ0) is 15.2. The number of carbonyl (C=O) groups is 1. The predicted octanol–water partition coefficient (Wildman–Crippen LogP) is 2.11. The molecule has 1 aliphatic heterocycles. The fraction of sp³-hybridized carbons (Fsp3) is 0.562. The molecule has 1 heterocycles. The van der Waals surface area contributed by atoms with Crippen molar-refractivity contribution < 1.29 is 19.4 Å². The van der Waals surface area contributed by atoms with Crippen LogP contribution in [0.2, 0.25) is 0 Å². The van der Waals surface area contributed by atoms with E-state index < -0.39 is 0 Å². The summed E-state index contributed by atoms with van der Waals surface area (Å²) in [4.78, 5) is 14.0. The highest BCUT2D eigenvalue weighted by atomic mass is 16.5. The van der Waals surface area contributed by atoms with E-state index in [0.29, 0.717) is 44.1 Å². The van der Waals surface area contributed by atoms with Gasteiger partial charge < -0.3 is 19.5 Å². The zero-order valence-corrected chi connectivity index (χ0v) is 12.7. The van der Waals surface area contributed by atoms with Crippen LogP contribution >= 0.6 is 0 Å². The summed E-state index contributed by atoms with van der Waals surface area (Å²) in [6.07, 6.45) is 1.40. The summed E-state index contributed by atoms with van der Waals surface area (Å²) in [7, 11) is 0. The Bertz CT molecular complexity index is 489. The highest BCUT2D eigenvalue weighted by molar-refractivity contribution is 5.76. The van der Waals surface area contributed by atoms with E-state index in [1.807, 2.05) is 24.8 Å². The smallest absolute Gasteiger partial charge is 0.223 e. The molecule has 1 aromatic carbocycles. The summed E-state index contributed by atoms with van der Waals surface area (Å²) in [5, 5.41) is 9.68. The van der Waals surface area contributed by atoms with Gasteiger partial charge in [-0.05, 0) is 25.5 Å². The number of morpholine rings is 1. The third kappa shape index (κ3) is 3.88. The molecule has 5 nitrogen and oxygen atoms in total. The second-order valence-electron chi connectivity index (χ2n) is 5.28. The second kappa shape index (κ2) is 7.31. The molecule has 0 bridgehead atoms. The van der Waals surface area contributed by atoms with Crippen LogP contribution in [0.5, 0.6) is 11.5 Å². The molecule has 1 unspecified atom stereocenters. The van der Waals surface area contributed by atoms with Crippen LogP contribution in [0.3, 0.4) is 0 Å². The molecule has 1 fully saturated rings. The topological polar surface area (TPSA) is 59.0 Å². The average molecular weight is 293 g/mol. The Labute approximate surface area is 125 Å². The van der Waals surface area contributed by atoms with Gasteiger partial charge in [-0.2, -0.15) is 0 Å². The Balaban J connectivity index is 1.99. The third-order valence-electron chi connectivity index (χ3n) is 3.70. The van der Waals surface area contributed by atoms with Gasteiger partial charge in [0.2, 0.25) is 5.91 Å². The number of hydrogen-bond donors (Lipinski definition) is 1. The van der Waals surface area contributed by atoms with E-state index in [0.717, 1.165) is 6.42 Å². The molecule has 0 radical (unpaired) electrons. The van der Waals surface area contributed by atoms with Gasteiger partial charge in [-0.1, -0.05) is 13.0 Å². The minimum Gasteiger partial charge on any atom is -0.508 e. The summed E-state index contributed by atoms with van der Waals surface area (Å²) in [5.74, 6) is 1.01. The van der Waals surface area contributed by atoms with Crippen LogP contribution in [-0.2, 0) is 9.53 Å². The number of phenolic OH excluding ortho intramolecular Hbond substituents is 1. The molecule has 0 spiro atoms. The fourth-order valence-electron chi connectivity index (χ4n) is 2.42. The molecule has 0 aliphatic carbocycles. The Morgan fingerprint density at radius 1 is 1.52 bits per heavy atom. The van der Waals surface area contributed by atoms with Crippen LogP contribution in [0, 0.1) is 6.92 Å². The number of nitrogens with zero attached hydrogens (tertiary/aromatic N) is 1. The largest absolute Gasteiger partial charge is 0.508 e. The van der Waals surface area contributed by atoms with Crippen molar-refractivity contribution >= 4 is 5.91 Å². The van der Waals surface area contributed by atoms with E-state index >= 15 is 0 Å². The number of hydrogen-bond acceptors (Lipinski definition) is 4. The Kier molecular flexibility index (Phi) is 5.44. The molecule has 0 saturated carbocycles. The Morgan fingerprint density at radius 2 is 2.33 bits per heavy atom. The lowest BCUT2D eigenvalue weighted by atomic mass is 10.2. The lowest BCUT2D eigenvalue weighted by Gasteiger charge is -2.35. The molecule has 1 N–H and O–H groups in total. The van der Waals surface area contributed by atoms with Crippen LogP contribution in [0.25, 0.3) is 0 Å². The van der Waals surface area contributed by atoms with Crippen molar-refractivity contribution in [2.24, 2.45) is 0 Å². The number of carbonyl (C=O) groups excluding carboxylic acids is 1. The lowest BCUT2D eigenvalue weighted by molar-refractivity contribution is -0.141. The minimum absolute atomic E-state index is 0.0699. The number of ether oxygens (including phenoxy) is 2. The molecule has 1 amide bonds. The highest BCUT2D eigenvalue weighted by Gasteiger charge is 2.27. The maximum atomic E-state index is 12.1. The maximum Gasteiger partial charge on any atom is 0.223 e. The average Bonchev–Trinajstić information content (AvgIpc) is 2.49. The molecule has 1 atom stereocenters. The van der Waals surface area contributed by atoms with E-state index in [1.54, 1.807) is 12.1 Å². The molecule has 2 rings (SSSR count). The molecular formula is C16H23NO4. The van der Waals surface area contributed by atoms with Crippen molar-refractivity contribution in [1.82, 2.24) is 4.90 Å². The van der Waals surface area contributed by atoms with Crippen molar-refractivity contribution in [3.8, 4) is 11.5 Å². The first kappa shape index (κ1) is 15.6. The van der Waals surface area contributed by atoms with E-state index in [2.05, 4.69) is 0 Å². The van der Waals surface area contributed by atoms with Gasteiger partial charge in [-0.15, -0.1) is 0 Å². The first-order valence-electron chi connectivity index (χ1n) is 7.42. The molecule has 1 aliphatic rings. The van der Waals surface area contributed by atoms with Gasteiger partial charge in [-0.3, -0.25) is 4.79 Å². The number of phenols is 1. The summed E-state index contributed by atoms with van der Waals surface area (Å²) in [5.41, 5.74) is 0.709. The van der Waals surface area contributed by atoms with Gasteiger partial charge in [-0.25, -0.2) is 0 Å². The number of amides is 1. The number of aromatic hydroxyl groups is 1. The third-order valence-corrected chi connectivity index (χ3v) is 3.70. The van der Waals surface area contributed by atoms with Gasteiger partial charge in [0.25, 0.3) is 0 Å². The number of benzene rings is 1.